The van der Waals surface area contributed by atoms with Crippen LogP contribution in [0.25, 0.3) is 0 Å². The van der Waals surface area contributed by atoms with Crippen LogP contribution in [0.5, 0.6) is 0 Å². The second-order valence-electron chi connectivity index (χ2n) is 5.12. The van der Waals surface area contributed by atoms with Crippen molar-refractivity contribution in [1.82, 2.24) is 0 Å². The lowest BCUT2D eigenvalue weighted by Crippen LogP contribution is -2.31. The third-order valence-corrected chi connectivity index (χ3v) is 4.43. The SMILES string of the molecule is CC1(C)C(=S)C(C)(C)c2ccccc21. The maximum Gasteiger partial charge on any atom is 0.0221 e. The molecular formula is C13H16S. The number of thiocarbonyl (C=S) groups is 1. The molecule has 0 spiro atoms. The van der Waals surface area contributed by atoms with Gasteiger partial charge in [0.05, 0.1) is 0 Å². The Bertz CT molecular complexity index is 362. The Morgan fingerprint density at radius 1 is 0.857 bits per heavy atom. The standard InChI is InChI=1S/C13H16S/c1-12(2)9-7-5-6-8-10(9)13(3,4)11(12)14/h5-8H,1-4H3. The van der Waals surface area contributed by atoms with Crippen molar-refractivity contribution in [2.45, 2.75) is 38.5 Å². The van der Waals surface area contributed by atoms with E-state index in [9.17, 15) is 0 Å². The van der Waals surface area contributed by atoms with Gasteiger partial charge in [-0.05, 0) is 11.1 Å². The molecule has 0 bridgehead atoms. The summed E-state index contributed by atoms with van der Waals surface area (Å²) in [5.41, 5.74) is 2.90. The van der Waals surface area contributed by atoms with Crippen LogP contribution >= 0.6 is 12.2 Å². The zero-order valence-corrected chi connectivity index (χ0v) is 10.0. The summed E-state index contributed by atoms with van der Waals surface area (Å²) >= 11 is 5.60. The molecule has 1 aromatic rings. The number of rotatable bonds is 0. The van der Waals surface area contributed by atoms with Gasteiger partial charge in [-0.25, -0.2) is 0 Å². The quantitative estimate of drug-likeness (QED) is 0.582. The second-order valence-corrected chi connectivity index (χ2v) is 5.53. The van der Waals surface area contributed by atoms with Crippen molar-refractivity contribution in [1.29, 1.82) is 0 Å². The Morgan fingerprint density at radius 3 is 1.57 bits per heavy atom. The molecule has 0 unspecified atom stereocenters. The first-order valence-electron chi connectivity index (χ1n) is 5.03. The van der Waals surface area contributed by atoms with Crippen LogP contribution in [0.1, 0.15) is 38.8 Å². The topological polar surface area (TPSA) is 0 Å². The third kappa shape index (κ3) is 1.02. The molecule has 0 heterocycles. The van der Waals surface area contributed by atoms with Crippen molar-refractivity contribution >= 4 is 17.1 Å². The molecule has 0 aliphatic heterocycles. The van der Waals surface area contributed by atoms with Gasteiger partial charge in [0, 0.05) is 15.7 Å². The van der Waals surface area contributed by atoms with Crippen LogP contribution in [-0.4, -0.2) is 4.86 Å². The highest BCUT2D eigenvalue weighted by molar-refractivity contribution is 7.80. The molecule has 0 saturated heterocycles. The number of hydrogen-bond donors (Lipinski definition) is 0. The molecule has 0 nitrogen and oxygen atoms in total. The van der Waals surface area contributed by atoms with Crippen LogP contribution in [0.15, 0.2) is 24.3 Å². The summed E-state index contributed by atoms with van der Waals surface area (Å²) < 4.78 is 0. The molecule has 74 valence electrons. The molecule has 0 atom stereocenters. The summed E-state index contributed by atoms with van der Waals surface area (Å²) in [7, 11) is 0. The summed E-state index contributed by atoms with van der Waals surface area (Å²) in [4.78, 5) is 1.16. The fourth-order valence-corrected chi connectivity index (χ4v) is 2.82. The van der Waals surface area contributed by atoms with Crippen molar-refractivity contribution in [2.24, 2.45) is 0 Å². The van der Waals surface area contributed by atoms with Gasteiger partial charge in [-0.3, -0.25) is 0 Å². The molecule has 14 heavy (non-hydrogen) atoms. The van der Waals surface area contributed by atoms with E-state index in [1.807, 2.05) is 0 Å². The molecule has 1 heteroatoms. The molecule has 0 aromatic heterocycles. The molecule has 0 radical (unpaired) electrons. The summed E-state index contributed by atoms with van der Waals surface area (Å²) in [6.07, 6.45) is 0. The molecule has 2 rings (SSSR count). The van der Waals surface area contributed by atoms with Gasteiger partial charge in [0.2, 0.25) is 0 Å². The summed E-state index contributed by atoms with van der Waals surface area (Å²) in [6, 6.07) is 8.61. The Kier molecular flexibility index (Phi) is 1.87. The maximum atomic E-state index is 5.60. The fourth-order valence-electron chi connectivity index (χ4n) is 2.60. The first-order valence-corrected chi connectivity index (χ1v) is 5.44. The predicted molar refractivity (Wildman–Crippen MR) is 65.1 cm³/mol. The highest BCUT2D eigenvalue weighted by Crippen LogP contribution is 2.46. The lowest BCUT2D eigenvalue weighted by atomic mass is 9.81. The van der Waals surface area contributed by atoms with Crippen LogP contribution in [0.4, 0.5) is 0 Å². The molecule has 1 aliphatic rings. The minimum Gasteiger partial charge on any atom is -0.0878 e. The van der Waals surface area contributed by atoms with Gasteiger partial charge in [0.15, 0.2) is 0 Å². The lowest BCUT2D eigenvalue weighted by molar-refractivity contribution is 0.699. The van der Waals surface area contributed by atoms with Crippen LogP contribution in [-0.2, 0) is 10.8 Å². The van der Waals surface area contributed by atoms with Gasteiger partial charge in [0.1, 0.15) is 0 Å². The Labute approximate surface area is 91.3 Å². The van der Waals surface area contributed by atoms with E-state index in [0.717, 1.165) is 4.86 Å². The average Bonchev–Trinajstić information content (AvgIpc) is 2.28. The van der Waals surface area contributed by atoms with Crippen LogP contribution in [0.3, 0.4) is 0 Å². The molecule has 0 N–H and O–H groups in total. The van der Waals surface area contributed by atoms with Gasteiger partial charge >= 0.3 is 0 Å². The van der Waals surface area contributed by atoms with Crippen LogP contribution in [0, 0.1) is 0 Å². The summed E-state index contributed by atoms with van der Waals surface area (Å²) in [6.45, 7) is 8.90. The van der Waals surface area contributed by atoms with E-state index in [1.54, 1.807) is 0 Å². The van der Waals surface area contributed by atoms with E-state index in [0.29, 0.717) is 0 Å². The second kappa shape index (κ2) is 2.66. The third-order valence-electron chi connectivity index (χ3n) is 3.41. The minimum absolute atomic E-state index is 0.0510. The first kappa shape index (κ1) is 9.85. The molecule has 0 saturated carbocycles. The van der Waals surface area contributed by atoms with E-state index >= 15 is 0 Å². The van der Waals surface area contributed by atoms with E-state index in [2.05, 4.69) is 52.0 Å². The normalized spacial score (nSPS) is 22.1. The van der Waals surface area contributed by atoms with Crippen LogP contribution < -0.4 is 0 Å². The van der Waals surface area contributed by atoms with Crippen molar-refractivity contribution in [2.75, 3.05) is 0 Å². The van der Waals surface area contributed by atoms with Gasteiger partial charge in [0.25, 0.3) is 0 Å². The Balaban J connectivity index is 2.76. The number of benzene rings is 1. The van der Waals surface area contributed by atoms with Gasteiger partial charge in [-0.2, -0.15) is 0 Å². The first-order chi connectivity index (χ1) is 6.38. The number of hydrogen-bond acceptors (Lipinski definition) is 1. The van der Waals surface area contributed by atoms with Crippen LogP contribution in [0.2, 0.25) is 0 Å². The van der Waals surface area contributed by atoms with E-state index in [4.69, 9.17) is 12.2 Å². The van der Waals surface area contributed by atoms with Crippen molar-refractivity contribution < 1.29 is 0 Å². The number of fused-ring (bicyclic) bond motifs is 1. The van der Waals surface area contributed by atoms with E-state index < -0.39 is 0 Å². The fraction of sp³-hybridized carbons (Fsp3) is 0.462. The highest BCUT2D eigenvalue weighted by atomic mass is 32.1. The van der Waals surface area contributed by atoms with E-state index in [-0.39, 0.29) is 10.8 Å². The van der Waals surface area contributed by atoms with Gasteiger partial charge in [-0.15, -0.1) is 0 Å². The summed E-state index contributed by atoms with van der Waals surface area (Å²) in [5, 5.41) is 0. The Hall–Kier alpha value is -0.690. The van der Waals surface area contributed by atoms with Crippen molar-refractivity contribution in [3.8, 4) is 0 Å². The molecule has 0 fully saturated rings. The van der Waals surface area contributed by atoms with Crippen molar-refractivity contribution in [3.63, 3.8) is 0 Å². The average molecular weight is 204 g/mol. The van der Waals surface area contributed by atoms with Crippen molar-refractivity contribution in [3.05, 3.63) is 35.4 Å². The lowest BCUT2D eigenvalue weighted by Gasteiger charge is -2.25. The maximum absolute atomic E-state index is 5.60. The summed E-state index contributed by atoms with van der Waals surface area (Å²) in [5.74, 6) is 0. The Morgan fingerprint density at radius 2 is 1.21 bits per heavy atom. The zero-order valence-electron chi connectivity index (χ0n) is 9.22. The molecular weight excluding hydrogens is 188 g/mol. The van der Waals surface area contributed by atoms with Gasteiger partial charge < -0.3 is 0 Å². The minimum atomic E-state index is 0.0510. The monoisotopic (exact) mass is 204 g/mol. The van der Waals surface area contributed by atoms with Gasteiger partial charge in [-0.1, -0.05) is 64.2 Å². The largest absolute Gasteiger partial charge is 0.0878 e. The smallest absolute Gasteiger partial charge is 0.0221 e. The highest BCUT2D eigenvalue weighted by Gasteiger charge is 2.46. The molecule has 0 amide bonds. The van der Waals surface area contributed by atoms with E-state index in [1.165, 1.54) is 11.1 Å². The zero-order chi connectivity index (χ0) is 10.6. The predicted octanol–water partition coefficient (Wildman–Crippen LogP) is 3.63. The molecule has 1 aromatic carbocycles. The molecule has 1 aliphatic carbocycles.